The van der Waals surface area contributed by atoms with Crippen LogP contribution in [0.3, 0.4) is 0 Å². The molecule has 2 aliphatic heterocycles. The average Bonchev–Trinajstić information content (AvgIpc) is 2.41. The Kier molecular flexibility index (Phi) is 3.18. The number of nitrogens with zero attached hydrogens (tertiary/aromatic N) is 4. The van der Waals surface area contributed by atoms with Crippen molar-refractivity contribution in [2.45, 2.75) is 19.9 Å². The number of hydrogen-bond donors (Lipinski definition) is 0. The summed E-state index contributed by atoms with van der Waals surface area (Å²) in [5.74, 6) is 1.04. The lowest BCUT2D eigenvalue weighted by atomic mass is 10.1. The number of morpholine rings is 1. The van der Waals surface area contributed by atoms with E-state index in [1.807, 2.05) is 6.20 Å². The summed E-state index contributed by atoms with van der Waals surface area (Å²) in [6, 6.07) is 0.509. The van der Waals surface area contributed by atoms with Gasteiger partial charge in [0.05, 0.1) is 25.5 Å². The highest BCUT2D eigenvalue weighted by Crippen LogP contribution is 2.23. The normalized spacial score (nSPS) is 25.0. The van der Waals surface area contributed by atoms with E-state index in [2.05, 4.69) is 33.8 Å². The number of aryl methyl sites for hydroxylation is 1. The second-order valence-corrected chi connectivity index (χ2v) is 5.19. The van der Waals surface area contributed by atoms with Crippen LogP contribution in [0.15, 0.2) is 6.20 Å². The molecular weight excluding hydrogens is 228 g/mol. The number of ether oxygens (including phenoxy) is 1. The zero-order chi connectivity index (χ0) is 12.5. The van der Waals surface area contributed by atoms with Crippen LogP contribution < -0.4 is 4.90 Å². The SMILES string of the molecule is Cc1cnnc(N2CCN3CCOCC3C2)c1C. The Bertz CT molecular complexity index is 437. The molecule has 0 N–H and O–H groups in total. The number of hydrogen-bond acceptors (Lipinski definition) is 5. The molecule has 1 aromatic rings. The molecule has 3 heterocycles. The van der Waals surface area contributed by atoms with Crippen molar-refractivity contribution in [3.05, 3.63) is 17.3 Å². The van der Waals surface area contributed by atoms with Crippen LogP contribution in [0, 0.1) is 13.8 Å². The van der Waals surface area contributed by atoms with Gasteiger partial charge < -0.3 is 9.64 Å². The van der Waals surface area contributed by atoms with Crippen molar-refractivity contribution >= 4 is 5.82 Å². The monoisotopic (exact) mass is 248 g/mol. The first-order valence-corrected chi connectivity index (χ1v) is 6.61. The largest absolute Gasteiger partial charge is 0.378 e. The van der Waals surface area contributed by atoms with Crippen LogP contribution in [0.5, 0.6) is 0 Å². The highest BCUT2D eigenvalue weighted by Gasteiger charge is 2.30. The van der Waals surface area contributed by atoms with Gasteiger partial charge in [0.1, 0.15) is 0 Å². The molecule has 18 heavy (non-hydrogen) atoms. The average molecular weight is 248 g/mol. The minimum Gasteiger partial charge on any atom is -0.378 e. The van der Waals surface area contributed by atoms with Gasteiger partial charge in [-0.05, 0) is 25.0 Å². The fourth-order valence-electron chi connectivity index (χ4n) is 2.76. The molecule has 1 unspecified atom stereocenters. The molecule has 0 spiro atoms. The lowest BCUT2D eigenvalue weighted by Gasteiger charge is -2.44. The maximum absolute atomic E-state index is 5.57. The molecule has 5 nitrogen and oxygen atoms in total. The van der Waals surface area contributed by atoms with Crippen LogP contribution in [-0.4, -0.2) is 60.5 Å². The molecule has 0 aromatic carbocycles. The summed E-state index contributed by atoms with van der Waals surface area (Å²) < 4.78 is 5.57. The number of anilines is 1. The van der Waals surface area contributed by atoms with Crippen LogP contribution in [0.2, 0.25) is 0 Å². The highest BCUT2D eigenvalue weighted by atomic mass is 16.5. The molecular formula is C13H20N4O. The number of fused-ring (bicyclic) bond motifs is 1. The third-order valence-corrected chi connectivity index (χ3v) is 4.07. The van der Waals surface area contributed by atoms with Gasteiger partial charge in [0.2, 0.25) is 0 Å². The fraction of sp³-hybridized carbons (Fsp3) is 0.692. The summed E-state index contributed by atoms with van der Waals surface area (Å²) in [6.45, 7) is 10.1. The lowest BCUT2D eigenvalue weighted by molar-refractivity contribution is -0.0118. The quantitative estimate of drug-likeness (QED) is 0.728. The third-order valence-electron chi connectivity index (χ3n) is 4.07. The summed E-state index contributed by atoms with van der Waals surface area (Å²) >= 11 is 0. The van der Waals surface area contributed by atoms with Crippen molar-refractivity contribution < 1.29 is 4.74 Å². The molecule has 5 heteroatoms. The van der Waals surface area contributed by atoms with Crippen LogP contribution in [0.1, 0.15) is 11.1 Å². The summed E-state index contributed by atoms with van der Waals surface area (Å²) in [6.07, 6.45) is 1.83. The summed E-state index contributed by atoms with van der Waals surface area (Å²) in [7, 11) is 0. The first-order chi connectivity index (χ1) is 8.75. The topological polar surface area (TPSA) is 41.5 Å². The van der Waals surface area contributed by atoms with Crippen molar-refractivity contribution in [1.82, 2.24) is 15.1 Å². The van der Waals surface area contributed by atoms with E-state index in [4.69, 9.17) is 4.74 Å². The van der Waals surface area contributed by atoms with E-state index in [1.54, 1.807) is 0 Å². The molecule has 0 saturated carbocycles. The van der Waals surface area contributed by atoms with Crippen molar-refractivity contribution in [2.24, 2.45) is 0 Å². The van der Waals surface area contributed by atoms with Crippen molar-refractivity contribution in [3.8, 4) is 0 Å². The van der Waals surface area contributed by atoms with E-state index >= 15 is 0 Å². The molecule has 2 aliphatic rings. The van der Waals surface area contributed by atoms with Crippen LogP contribution in [-0.2, 0) is 4.74 Å². The predicted octanol–water partition coefficient (Wildman–Crippen LogP) is 0.614. The molecule has 0 radical (unpaired) electrons. The Morgan fingerprint density at radius 3 is 3.06 bits per heavy atom. The maximum atomic E-state index is 5.57. The van der Waals surface area contributed by atoms with Gasteiger partial charge in [-0.1, -0.05) is 0 Å². The van der Waals surface area contributed by atoms with Gasteiger partial charge in [0.15, 0.2) is 5.82 Å². The minimum absolute atomic E-state index is 0.509. The molecule has 3 rings (SSSR count). The van der Waals surface area contributed by atoms with Crippen LogP contribution >= 0.6 is 0 Å². The second kappa shape index (κ2) is 4.82. The Hall–Kier alpha value is -1.20. The van der Waals surface area contributed by atoms with E-state index in [0.29, 0.717) is 6.04 Å². The Morgan fingerprint density at radius 1 is 1.28 bits per heavy atom. The van der Waals surface area contributed by atoms with Gasteiger partial charge in [-0.2, -0.15) is 5.10 Å². The van der Waals surface area contributed by atoms with E-state index in [9.17, 15) is 0 Å². The second-order valence-electron chi connectivity index (χ2n) is 5.19. The van der Waals surface area contributed by atoms with E-state index in [-0.39, 0.29) is 0 Å². The van der Waals surface area contributed by atoms with E-state index in [0.717, 1.165) is 45.2 Å². The van der Waals surface area contributed by atoms with Gasteiger partial charge in [0.25, 0.3) is 0 Å². The van der Waals surface area contributed by atoms with Crippen LogP contribution in [0.4, 0.5) is 5.82 Å². The summed E-state index contributed by atoms with van der Waals surface area (Å²) in [4.78, 5) is 4.88. The maximum Gasteiger partial charge on any atom is 0.154 e. The number of piperazine rings is 1. The number of aromatic nitrogens is 2. The third kappa shape index (κ3) is 2.08. The summed E-state index contributed by atoms with van der Waals surface area (Å²) in [5.41, 5.74) is 2.46. The van der Waals surface area contributed by atoms with Gasteiger partial charge in [-0.15, -0.1) is 5.10 Å². The smallest absolute Gasteiger partial charge is 0.154 e. The van der Waals surface area contributed by atoms with Gasteiger partial charge >= 0.3 is 0 Å². The molecule has 0 amide bonds. The molecule has 0 bridgehead atoms. The Morgan fingerprint density at radius 2 is 2.17 bits per heavy atom. The van der Waals surface area contributed by atoms with Crippen molar-refractivity contribution in [1.29, 1.82) is 0 Å². The predicted molar refractivity (Wildman–Crippen MR) is 69.9 cm³/mol. The van der Waals surface area contributed by atoms with Crippen molar-refractivity contribution in [2.75, 3.05) is 44.3 Å². The Balaban J connectivity index is 1.79. The van der Waals surface area contributed by atoms with Crippen LogP contribution in [0.25, 0.3) is 0 Å². The molecule has 0 aliphatic carbocycles. The molecule has 2 saturated heterocycles. The lowest BCUT2D eigenvalue weighted by Crippen LogP contribution is -2.58. The van der Waals surface area contributed by atoms with E-state index < -0.39 is 0 Å². The standard InChI is InChI=1S/C13H20N4O/c1-10-7-14-15-13(11(10)2)17-4-3-16-5-6-18-9-12(16)8-17/h7,12H,3-6,8-9H2,1-2H3. The summed E-state index contributed by atoms with van der Waals surface area (Å²) in [5, 5.41) is 8.40. The fourth-order valence-corrected chi connectivity index (χ4v) is 2.76. The van der Waals surface area contributed by atoms with Gasteiger partial charge in [-0.25, -0.2) is 0 Å². The molecule has 2 fully saturated rings. The van der Waals surface area contributed by atoms with Gasteiger partial charge in [-0.3, -0.25) is 4.90 Å². The number of rotatable bonds is 1. The van der Waals surface area contributed by atoms with Gasteiger partial charge in [0, 0.05) is 26.2 Å². The van der Waals surface area contributed by atoms with E-state index in [1.165, 1.54) is 11.1 Å². The molecule has 1 aromatic heterocycles. The minimum atomic E-state index is 0.509. The highest BCUT2D eigenvalue weighted by molar-refractivity contribution is 5.48. The van der Waals surface area contributed by atoms with Crippen molar-refractivity contribution in [3.63, 3.8) is 0 Å². The first-order valence-electron chi connectivity index (χ1n) is 6.61. The zero-order valence-electron chi connectivity index (χ0n) is 11.1. The first kappa shape index (κ1) is 11.9. The molecule has 1 atom stereocenters. The Labute approximate surface area is 108 Å². The molecule has 98 valence electrons. The zero-order valence-corrected chi connectivity index (χ0v) is 11.1.